The number of aliphatic hydroxyl groups excluding tert-OH is 2. The van der Waals surface area contributed by atoms with Crippen LogP contribution in [0.4, 0.5) is 5.69 Å². The number of nitro benzene ring substituents is 1. The Labute approximate surface area is 117 Å². The number of hydrogen-bond acceptors (Lipinski definition) is 5. The maximum atomic E-state index is 11.0. The molecule has 0 aliphatic heterocycles. The molecule has 1 aromatic rings. The number of ether oxygens (including phenoxy) is 1. The molecule has 0 radical (unpaired) electrons. The molecule has 0 amide bonds. The van der Waals surface area contributed by atoms with Gasteiger partial charge in [0.2, 0.25) is 0 Å². The minimum atomic E-state index is -0.602. The molecule has 1 saturated carbocycles. The fourth-order valence-corrected chi connectivity index (χ4v) is 2.46. The van der Waals surface area contributed by atoms with Gasteiger partial charge in [-0.1, -0.05) is 12.8 Å². The van der Waals surface area contributed by atoms with Gasteiger partial charge in [0.05, 0.1) is 17.6 Å². The van der Waals surface area contributed by atoms with Crippen LogP contribution < -0.4 is 4.74 Å². The molecule has 0 heterocycles. The van der Waals surface area contributed by atoms with Crippen molar-refractivity contribution in [1.29, 1.82) is 0 Å². The zero-order valence-electron chi connectivity index (χ0n) is 11.2. The molecule has 6 heteroatoms. The molecule has 20 heavy (non-hydrogen) atoms. The van der Waals surface area contributed by atoms with E-state index in [-0.39, 0.29) is 18.0 Å². The van der Waals surface area contributed by atoms with Crippen molar-refractivity contribution in [2.75, 3.05) is 0 Å². The first-order valence-corrected chi connectivity index (χ1v) is 6.84. The highest BCUT2D eigenvalue weighted by molar-refractivity contribution is 5.48. The molecule has 0 bridgehead atoms. The van der Waals surface area contributed by atoms with Crippen LogP contribution in [0.2, 0.25) is 0 Å². The quantitative estimate of drug-likeness (QED) is 0.501. The Morgan fingerprint density at radius 2 is 2.05 bits per heavy atom. The largest absolute Gasteiger partial charge is 0.481 e. The lowest BCUT2D eigenvalue weighted by Crippen LogP contribution is -2.30. The van der Waals surface area contributed by atoms with Gasteiger partial charge in [0.25, 0.3) is 0 Å². The van der Waals surface area contributed by atoms with Crippen LogP contribution in [0.3, 0.4) is 0 Å². The standard InChI is InChI=1S/C14H19NO5/c16-9-10-6-7-11(15(18)19)14(8-10)20-13-5-3-1-2-4-12(13)17/h6-8,12-13,16-17H,1-5,9H2. The number of aliphatic hydroxyl groups is 2. The van der Waals surface area contributed by atoms with Gasteiger partial charge in [-0.25, -0.2) is 0 Å². The summed E-state index contributed by atoms with van der Waals surface area (Å²) in [5.41, 5.74) is 0.410. The van der Waals surface area contributed by atoms with Crippen LogP contribution in [0.5, 0.6) is 5.75 Å². The first-order valence-electron chi connectivity index (χ1n) is 6.84. The topological polar surface area (TPSA) is 92.8 Å². The molecule has 0 saturated heterocycles. The van der Waals surface area contributed by atoms with Gasteiger partial charge < -0.3 is 14.9 Å². The number of rotatable bonds is 4. The predicted molar refractivity (Wildman–Crippen MR) is 72.5 cm³/mol. The van der Waals surface area contributed by atoms with Crippen molar-refractivity contribution in [3.05, 3.63) is 33.9 Å². The Bertz CT molecular complexity index is 477. The van der Waals surface area contributed by atoms with Crippen LogP contribution in [0.1, 0.15) is 37.7 Å². The zero-order chi connectivity index (χ0) is 14.5. The van der Waals surface area contributed by atoms with Crippen molar-refractivity contribution in [3.8, 4) is 5.75 Å². The summed E-state index contributed by atoms with van der Waals surface area (Å²) < 4.78 is 5.68. The minimum Gasteiger partial charge on any atom is -0.481 e. The van der Waals surface area contributed by atoms with Crippen molar-refractivity contribution >= 4 is 5.69 Å². The van der Waals surface area contributed by atoms with Gasteiger partial charge in [-0.3, -0.25) is 10.1 Å². The van der Waals surface area contributed by atoms with Crippen LogP contribution in [-0.4, -0.2) is 27.3 Å². The van der Waals surface area contributed by atoms with E-state index in [0.29, 0.717) is 18.4 Å². The lowest BCUT2D eigenvalue weighted by atomic mass is 10.1. The Balaban J connectivity index is 2.23. The van der Waals surface area contributed by atoms with Crippen LogP contribution in [-0.2, 0) is 6.61 Å². The van der Waals surface area contributed by atoms with Crippen LogP contribution in [0, 0.1) is 10.1 Å². The van der Waals surface area contributed by atoms with Gasteiger partial charge >= 0.3 is 5.69 Å². The lowest BCUT2D eigenvalue weighted by molar-refractivity contribution is -0.386. The smallest absolute Gasteiger partial charge is 0.310 e. The second-order valence-electron chi connectivity index (χ2n) is 5.08. The minimum absolute atomic E-state index is 0.118. The first kappa shape index (κ1) is 14.7. The molecule has 2 unspecified atom stereocenters. The summed E-state index contributed by atoms with van der Waals surface area (Å²) in [5, 5.41) is 30.2. The van der Waals surface area contributed by atoms with Gasteiger partial charge in [-0.2, -0.15) is 0 Å². The van der Waals surface area contributed by atoms with E-state index in [1.54, 1.807) is 0 Å². The van der Waals surface area contributed by atoms with Crippen molar-refractivity contribution in [2.45, 2.75) is 50.9 Å². The maximum absolute atomic E-state index is 11.0. The summed E-state index contributed by atoms with van der Waals surface area (Å²) in [6.07, 6.45) is 3.23. The number of hydrogen-bond donors (Lipinski definition) is 2. The molecule has 2 rings (SSSR count). The molecule has 2 N–H and O–H groups in total. The van der Waals surface area contributed by atoms with Crippen LogP contribution >= 0.6 is 0 Å². The molecular formula is C14H19NO5. The van der Waals surface area contributed by atoms with Gasteiger partial charge in [0.1, 0.15) is 6.10 Å². The highest BCUT2D eigenvalue weighted by Crippen LogP contribution is 2.31. The van der Waals surface area contributed by atoms with Gasteiger partial charge in [0, 0.05) is 6.07 Å². The van der Waals surface area contributed by atoms with E-state index in [9.17, 15) is 15.2 Å². The Morgan fingerprint density at radius 3 is 2.75 bits per heavy atom. The molecule has 1 fully saturated rings. The average molecular weight is 281 g/mol. The van der Waals surface area contributed by atoms with Gasteiger partial charge in [-0.05, 0) is 37.0 Å². The van der Waals surface area contributed by atoms with Crippen LogP contribution in [0.25, 0.3) is 0 Å². The second-order valence-corrected chi connectivity index (χ2v) is 5.08. The Kier molecular flexibility index (Phi) is 4.92. The average Bonchev–Trinajstić information content (AvgIpc) is 2.64. The van der Waals surface area contributed by atoms with Crippen molar-refractivity contribution in [2.24, 2.45) is 0 Å². The normalized spacial score (nSPS) is 23.1. The highest BCUT2D eigenvalue weighted by Gasteiger charge is 2.26. The summed E-state index contributed by atoms with van der Waals surface area (Å²) >= 11 is 0. The molecular weight excluding hydrogens is 262 g/mol. The molecule has 0 aromatic heterocycles. The van der Waals surface area contributed by atoms with E-state index >= 15 is 0 Å². The third kappa shape index (κ3) is 3.46. The summed E-state index contributed by atoms with van der Waals surface area (Å²) in [4.78, 5) is 10.5. The molecule has 0 spiro atoms. The Morgan fingerprint density at radius 1 is 1.30 bits per heavy atom. The van der Waals surface area contributed by atoms with Gasteiger partial charge in [-0.15, -0.1) is 0 Å². The number of nitrogens with zero attached hydrogens (tertiary/aromatic N) is 1. The van der Waals surface area contributed by atoms with E-state index in [1.165, 1.54) is 18.2 Å². The number of benzene rings is 1. The van der Waals surface area contributed by atoms with Crippen molar-refractivity contribution < 1.29 is 19.9 Å². The summed E-state index contributed by atoms with van der Waals surface area (Å²) in [7, 11) is 0. The molecule has 6 nitrogen and oxygen atoms in total. The number of nitro groups is 1. The van der Waals surface area contributed by atoms with E-state index in [0.717, 1.165) is 19.3 Å². The lowest BCUT2D eigenvalue weighted by Gasteiger charge is -2.22. The molecule has 1 aliphatic rings. The molecule has 110 valence electrons. The molecule has 1 aliphatic carbocycles. The predicted octanol–water partition coefficient (Wildman–Crippen LogP) is 2.16. The SMILES string of the molecule is O=[N+]([O-])c1ccc(CO)cc1OC1CCCCCC1O. The third-order valence-electron chi connectivity index (χ3n) is 3.60. The monoisotopic (exact) mass is 281 g/mol. The zero-order valence-corrected chi connectivity index (χ0v) is 11.2. The summed E-state index contributed by atoms with van der Waals surface area (Å²) in [6, 6.07) is 4.29. The van der Waals surface area contributed by atoms with E-state index < -0.39 is 17.1 Å². The van der Waals surface area contributed by atoms with Crippen molar-refractivity contribution in [3.63, 3.8) is 0 Å². The fraction of sp³-hybridized carbons (Fsp3) is 0.571. The highest BCUT2D eigenvalue weighted by atomic mass is 16.6. The first-order chi connectivity index (χ1) is 9.61. The second kappa shape index (κ2) is 6.67. The molecule has 1 aromatic carbocycles. The maximum Gasteiger partial charge on any atom is 0.310 e. The summed E-state index contributed by atoms with van der Waals surface area (Å²) in [5.74, 6) is 0.118. The molecule has 2 atom stereocenters. The van der Waals surface area contributed by atoms with E-state index in [2.05, 4.69) is 0 Å². The van der Waals surface area contributed by atoms with Gasteiger partial charge in [0.15, 0.2) is 5.75 Å². The van der Waals surface area contributed by atoms with Crippen molar-refractivity contribution in [1.82, 2.24) is 0 Å². The fourth-order valence-electron chi connectivity index (χ4n) is 2.46. The summed E-state index contributed by atoms with van der Waals surface area (Å²) in [6.45, 7) is -0.207. The van der Waals surface area contributed by atoms with Crippen LogP contribution in [0.15, 0.2) is 18.2 Å². The van der Waals surface area contributed by atoms with E-state index in [4.69, 9.17) is 9.84 Å². The third-order valence-corrected chi connectivity index (χ3v) is 3.60. The Hall–Kier alpha value is -1.66. The van der Waals surface area contributed by atoms with E-state index in [1.807, 2.05) is 0 Å².